The number of rotatable bonds is 7. The zero-order valence-corrected chi connectivity index (χ0v) is 36.3. The first-order chi connectivity index (χ1) is 33.6. The molecule has 12 aromatic rings. The van der Waals surface area contributed by atoms with E-state index in [2.05, 4.69) is 145 Å². The molecule has 0 unspecified atom stereocenters. The van der Waals surface area contributed by atoms with Crippen molar-refractivity contribution in [1.82, 2.24) is 19.1 Å². The highest BCUT2D eigenvalue weighted by molar-refractivity contribution is 6.12. The van der Waals surface area contributed by atoms with E-state index in [9.17, 15) is 0 Å². The Morgan fingerprint density at radius 3 is 1.43 bits per heavy atom. The molecule has 3 aromatic heterocycles. The number of aromatic nitrogens is 4. The molecule has 0 bridgehead atoms. The lowest BCUT2D eigenvalue weighted by Gasteiger charge is -2.13. The predicted molar refractivity (Wildman–Crippen MR) is 277 cm³/mol. The van der Waals surface area contributed by atoms with E-state index in [1.165, 1.54) is 32.6 Å². The van der Waals surface area contributed by atoms with Gasteiger partial charge in [0.2, 0.25) is 0 Å². The van der Waals surface area contributed by atoms with Gasteiger partial charge in [0.15, 0.2) is 17.1 Å². The molecule has 0 aliphatic heterocycles. The summed E-state index contributed by atoms with van der Waals surface area (Å²) in [6.07, 6.45) is 0. The molecule has 7 nitrogen and oxygen atoms in total. The Labute approximate surface area is 392 Å². The van der Waals surface area contributed by atoms with E-state index >= 15 is 0 Å². The first kappa shape index (κ1) is 39.7. The third kappa shape index (κ3) is 6.57. The highest BCUT2D eigenvalue weighted by Crippen LogP contribution is 2.40. The van der Waals surface area contributed by atoms with Crippen LogP contribution in [-0.4, -0.2) is 19.1 Å². The van der Waals surface area contributed by atoms with Gasteiger partial charge in [-0.3, -0.25) is 0 Å². The molecular formula is C61H35N7. The Hall–Kier alpha value is -9.87. The van der Waals surface area contributed by atoms with Gasteiger partial charge in [-0.05, 0) is 82.9 Å². The normalized spacial score (nSPS) is 11.2. The fourth-order valence-corrected chi connectivity index (χ4v) is 9.65. The number of benzene rings is 9. The maximum atomic E-state index is 8.24. The second kappa shape index (κ2) is 16.3. The minimum atomic E-state index is 0.415. The smallest absolute Gasteiger partial charge is 0.198 e. The molecule has 0 amide bonds. The first-order valence-electron chi connectivity index (χ1n) is 22.2. The predicted octanol–water partition coefficient (Wildman–Crippen LogP) is 16.7. The summed E-state index contributed by atoms with van der Waals surface area (Å²) in [5.74, 6) is 0.415. The standard InChI is InChI=1S/C61H35N7/c1-62-52-19-9-4-17-49(52)56-38-54(65-61(66-56)50-18-5-10-20-53(50)63-2)41-26-24-39(25-27-41)42-30-34-45(55(36-42)64-3)40-28-31-43(32-29-40)67-59-23-13-8-16-48(59)51-37-44(33-35-60(51)67)68-57-21-11-6-14-46(57)47-15-7-12-22-58(47)68/h4-38H. The van der Waals surface area contributed by atoms with Gasteiger partial charge in [-0.2, -0.15) is 0 Å². The Kier molecular flexibility index (Phi) is 9.51. The van der Waals surface area contributed by atoms with E-state index in [4.69, 9.17) is 29.7 Å². The van der Waals surface area contributed by atoms with Gasteiger partial charge in [-0.25, -0.2) is 24.5 Å². The average Bonchev–Trinajstić information content (AvgIpc) is 3.93. The SMILES string of the molecule is [C-]#[N+]c1cc(-c2ccc(-c3cc(-c4ccccc4[N+]#[C-])nc(-c4ccccc4[N+]#[C-])n3)cc2)ccc1-c1ccc(-n2c3ccccc3c3cc(-n4c5ccccc5c5ccccc54)ccc32)cc1. The summed E-state index contributed by atoms with van der Waals surface area (Å²) in [6, 6.07) is 71.8. The number of hydrogen-bond acceptors (Lipinski definition) is 2. The molecule has 0 N–H and O–H groups in total. The van der Waals surface area contributed by atoms with Crippen LogP contribution in [0.2, 0.25) is 0 Å². The van der Waals surface area contributed by atoms with E-state index in [0.29, 0.717) is 45.4 Å². The summed E-state index contributed by atoms with van der Waals surface area (Å²) < 4.78 is 4.69. The van der Waals surface area contributed by atoms with Gasteiger partial charge in [-0.1, -0.05) is 152 Å². The van der Waals surface area contributed by atoms with Crippen LogP contribution in [-0.2, 0) is 0 Å². The van der Waals surface area contributed by atoms with Gasteiger partial charge >= 0.3 is 0 Å². The molecule has 68 heavy (non-hydrogen) atoms. The molecule has 0 atom stereocenters. The summed E-state index contributed by atoms with van der Waals surface area (Å²) in [4.78, 5) is 21.3. The minimum Gasteiger partial charge on any atom is -0.309 e. The molecular weight excluding hydrogens is 831 g/mol. The maximum absolute atomic E-state index is 8.24. The maximum Gasteiger partial charge on any atom is 0.198 e. The topological polar surface area (TPSA) is 48.7 Å². The highest BCUT2D eigenvalue weighted by atomic mass is 15.0. The Balaban J connectivity index is 0.868. The summed E-state index contributed by atoms with van der Waals surface area (Å²) in [5, 5.41) is 4.84. The third-order valence-electron chi connectivity index (χ3n) is 12.9. The Morgan fingerprint density at radius 2 is 0.779 bits per heavy atom. The van der Waals surface area contributed by atoms with E-state index in [-0.39, 0.29) is 0 Å². The van der Waals surface area contributed by atoms with Gasteiger partial charge in [0.1, 0.15) is 5.82 Å². The third-order valence-corrected chi connectivity index (χ3v) is 12.9. The van der Waals surface area contributed by atoms with Crippen molar-refractivity contribution in [2.24, 2.45) is 0 Å². The number of nitrogens with zero attached hydrogens (tertiary/aromatic N) is 7. The molecule has 0 saturated carbocycles. The van der Waals surface area contributed by atoms with Crippen molar-refractivity contribution in [3.63, 3.8) is 0 Å². The van der Waals surface area contributed by atoms with Crippen molar-refractivity contribution in [2.75, 3.05) is 0 Å². The average molecular weight is 866 g/mol. The van der Waals surface area contributed by atoms with Gasteiger partial charge in [0.05, 0.1) is 53.2 Å². The number of para-hydroxylation sites is 5. The number of hydrogen-bond donors (Lipinski definition) is 0. The molecule has 0 aliphatic carbocycles. The van der Waals surface area contributed by atoms with Crippen LogP contribution in [0.5, 0.6) is 0 Å². The largest absolute Gasteiger partial charge is 0.309 e. The molecule has 0 fully saturated rings. The molecule has 7 heteroatoms. The summed E-state index contributed by atoms with van der Waals surface area (Å²) >= 11 is 0. The summed E-state index contributed by atoms with van der Waals surface area (Å²) in [7, 11) is 0. The van der Waals surface area contributed by atoms with E-state index in [0.717, 1.165) is 50.2 Å². The zero-order chi connectivity index (χ0) is 45.7. The van der Waals surface area contributed by atoms with Gasteiger partial charge < -0.3 is 9.13 Å². The van der Waals surface area contributed by atoms with Crippen LogP contribution in [0.3, 0.4) is 0 Å². The molecule has 12 rings (SSSR count). The highest BCUT2D eigenvalue weighted by Gasteiger charge is 2.19. The van der Waals surface area contributed by atoms with Crippen molar-refractivity contribution < 1.29 is 0 Å². The molecule has 0 aliphatic rings. The summed E-state index contributed by atoms with van der Waals surface area (Å²) in [5.41, 5.74) is 15.4. The van der Waals surface area contributed by atoms with Gasteiger partial charge in [-0.15, -0.1) is 0 Å². The fraction of sp³-hybridized carbons (Fsp3) is 0. The second-order valence-corrected chi connectivity index (χ2v) is 16.6. The quantitative estimate of drug-likeness (QED) is 0.150. The van der Waals surface area contributed by atoms with Crippen molar-refractivity contribution in [2.45, 2.75) is 0 Å². The van der Waals surface area contributed by atoms with Crippen LogP contribution in [0.4, 0.5) is 17.1 Å². The molecule has 314 valence electrons. The van der Waals surface area contributed by atoms with Crippen LogP contribution in [0.15, 0.2) is 212 Å². The van der Waals surface area contributed by atoms with Crippen molar-refractivity contribution in [3.05, 3.63) is 247 Å². The Morgan fingerprint density at radius 1 is 0.309 bits per heavy atom. The Bertz CT molecular complexity index is 3990. The van der Waals surface area contributed by atoms with Gasteiger partial charge in [0.25, 0.3) is 0 Å². The van der Waals surface area contributed by atoms with Crippen LogP contribution in [0.1, 0.15) is 0 Å². The van der Waals surface area contributed by atoms with E-state index in [1.807, 2.05) is 78.9 Å². The van der Waals surface area contributed by atoms with Crippen molar-refractivity contribution in [3.8, 4) is 67.5 Å². The van der Waals surface area contributed by atoms with E-state index < -0.39 is 0 Å². The molecule has 3 heterocycles. The van der Waals surface area contributed by atoms with Gasteiger partial charge in [0, 0.05) is 49.6 Å². The fourth-order valence-electron chi connectivity index (χ4n) is 9.65. The molecule has 0 radical (unpaired) electrons. The second-order valence-electron chi connectivity index (χ2n) is 16.6. The first-order valence-corrected chi connectivity index (χ1v) is 22.2. The summed E-state index contributed by atoms with van der Waals surface area (Å²) in [6.45, 7) is 23.8. The zero-order valence-electron chi connectivity index (χ0n) is 36.3. The minimum absolute atomic E-state index is 0.415. The molecule has 0 spiro atoms. The van der Waals surface area contributed by atoms with E-state index in [1.54, 1.807) is 12.1 Å². The lowest BCUT2D eigenvalue weighted by molar-refractivity contribution is 1.17. The van der Waals surface area contributed by atoms with Crippen LogP contribution in [0, 0.1) is 19.7 Å². The van der Waals surface area contributed by atoms with Crippen molar-refractivity contribution >= 4 is 60.7 Å². The molecule has 0 saturated heterocycles. The lowest BCUT2D eigenvalue weighted by atomic mass is 9.97. The molecule has 9 aromatic carbocycles. The van der Waals surface area contributed by atoms with Crippen molar-refractivity contribution in [1.29, 1.82) is 0 Å². The number of fused-ring (bicyclic) bond motifs is 6. The monoisotopic (exact) mass is 865 g/mol. The van der Waals surface area contributed by atoms with Crippen LogP contribution >= 0.6 is 0 Å². The van der Waals surface area contributed by atoms with Crippen LogP contribution < -0.4 is 0 Å². The lowest BCUT2D eigenvalue weighted by Crippen LogP contribution is -1.96. The van der Waals surface area contributed by atoms with Crippen LogP contribution in [0.25, 0.3) is 126 Å².